The van der Waals surface area contributed by atoms with Gasteiger partial charge in [0.2, 0.25) is 0 Å². The van der Waals surface area contributed by atoms with Crippen LogP contribution in [0, 0.1) is 0 Å². The van der Waals surface area contributed by atoms with Crippen molar-refractivity contribution < 1.29 is 19.2 Å². The highest BCUT2D eigenvalue weighted by Gasteiger charge is 2.34. The third-order valence-corrected chi connectivity index (χ3v) is 5.32. The van der Waals surface area contributed by atoms with Gasteiger partial charge >= 0.3 is 0 Å². The number of carbonyl (C=O) groups excluding carboxylic acids is 1. The standard InChI is InChI=1S/C21H24N2O3/c1-25-18-8-6-16(7-9-18)15-22-10-12-23(13-11-22)21(24)20-14-17-4-2-3-5-19(17)26-20/h2-9,20H,10-15H2,1H3/p+1/t20-/m1/s1. The molecule has 2 aliphatic heterocycles. The van der Waals surface area contributed by atoms with E-state index in [4.69, 9.17) is 9.47 Å². The molecule has 136 valence electrons. The highest BCUT2D eigenvalue weighted by atomic mass is 16.5. The second-order valence-corrected chi connectivity index (χ2v) is 7.02. The summed E-state index contributed by atoms with van der Waals surface area (Å²) in [4.78, 5) is 16.3. The molecule has 0 unspecified atom stereocenters. The summed E-state index contributed by atoms with van der Waals surface area (Å²) in [5.74, 6) is 1.87. The molecule has 5 heteroatoms. The number of hydrogen-bond donors (Lipinski definition) is 1. The topological polar surface area (TPSA) is 43.2 Å². The van der Waals surface area contributed by atoms with E-state index in [2.05, 4.69) is 12.1 Å². The fourth-order valence-electron chi connectivity index (χ4n) is 3.78. The molecular weight excluding hydrogens is 328 g/mol. The number of nitrogens with one attached hydrogen (secondary N) is 1. The lowest BCUT2D eigenvalue weighted by atomic mass is 10.1. The predicted octanol–water partition coefficient (Wildman–Crippen LogP) is 0.926. The molecule has 1 saturated heterocycles. The molecule has 0 aromatic heterocycles. The number of quaternary nitrogens is 1. The van der Waals surface area contributed by atoms with Gasteiger partial charge in [0.05, 0.1) is 33.3 Å². The first-order chi connectivity index (χ1) is 12.7. The average molecular weight is 353 g/mol. The predicted molar refractivity (Wildman–Crippen MR) is 98.5 cm³/mol. The maximum absolute atomic E-state index is 12.8. The summed E-state index contributed by atoms with van der Waals surface area (Å²) in [5.41, 5.74) is 2.43. The van der Waals surface area contributed by atoms with Gasteiger partial charge in [0.15, 0.2) is 6.10 Å². The molecule has 26 heavy (non-hydrogen) atoms. The Labute approximate surface area is 154 Å². The largest absolute Gasteiger partial charge is 0.497 e. The molecule has 0 radical (unpaired) electrons. The zero-order chi connectivity index (χ0) is 17.9. The summed E-state index contributed by atoms with van der Waals surface area (Å²) < 4.78 is 11.1. The van der Waals surface area contributed by atoms with Crippen molar-refractivity contribution in [2.75, 3.05) is 33.3 Å². The minimum Gasteiger partial charge on any atom is -0.497 e. The minimum absolute atomic E-state index is 0.129. The van der Waals surface area contributed by atoms with Crippen molar-refractivity contribution in [3.8, 4) is 11.5 Å². The van der Waals surface area contributed by atoms with Gasteiger partial charge in [-0.1, -0.05) is 18.2 Å². The lowest BCUT2D eigenvalue weighted by Crippen LogP contribution is -3.13. The summed E-state index contributed by atoms with van der Waals surface area (Å²) in [6, 6.07) is 16.2. The Balaban J connectivity index is 1.29. The second-order valence-electron chi connectivity index (χ2n) is 7.02. The number of para-hydroxylation sites is 1. The second kappa shape index (κ2) is 7.38. The van der Waals surface area contributed by atoms with Gasteiger partial charge in [0, 0.05) is 12.0 Å². The molecule has 2 heterocycles. The Kier molecular flexibility index (Phi) is 4.80. The molecule has 4 rings (SSSR count). The van der Waals surface area contributed by atoms with Crippen LogP contribution in [0.5, 0.6) is 11.5 Å². The summed E-state index contributed by atoms with van der Waals surface area (Å²) in [6.45, 7) is 4.51. The minimum atomic E-state index is -0.351. The van der Waals surface area contributed by atoms with Crippen LogP contribution in [-0.4, -0.2) is 50.2 Å². The summed E-state index contributed by atoms with van der Waals surface area (Å²) in [6.07, 6.45) is 0.337. The zero-order valence-corrected chi connectivity index (χ0v) is 15.1. The van der Waals surface area contributed by atoms with E-state index in [1.54, 1.807) is 7.11 Å². The Morgan fingerprint density at radius 3 is 2.58 bits per heavy atom. The first-order valence-electron chi connectivity index (χ1n) is 9.23. The van der Waals surface area contributed by atoms with Crippen LogP contribution in [0.15, 0.2) is 48.5 Å². The van der Waals surface area contributed by atoms with Crippen molar-refractivity contribution >= 4 is 5.91 Å². The number of rotatable bonds is 4. The highest BCUT2D eigenvalue weighted by Crippen LogP contribution is 2.28. The molecule has 0 aliphatic carbocycles. The molecule has 2 aromatic rings. The quantitative estimate of drug-likeness (QED) is 0.889. The maximum atomic E-state index is 12.8. The number of ether oxygens (including phenoxy) is 2. The molecule has 1 fully saturated rings. The fraction of sp³-hybridized carbons (Fsp3) is 0.381. The van der Waals surface area contributed by atoms with Crippen molar-refractivity contribution in [2.45, 2.75) is 19.1 Å². The van der Waals surface area contributed by atoms with Crippen LogP contribution in [0.25, 0.3) is 0 Å². The molecule has 1 amide bonds. The van der Waals surface area contributed by atoms with Crippen LogP contribution in [0.4, 0.5) is 0 Å². The molecule has 5 nitrogen and oxygen atoms in total. The van der Waals surface area contributed by atoms with E-state index in [-0.39, 0.29) is 12.0 Å². The van der Waals surface area contributed by atoms with E-state index in [0.717, 1.165) is 49.8 Å². The number of piperazine rings is 1. The Morgan fingerprint density at radius 1 is 1.15 bits per heavy atom. The van der Waals surface area contributed by atoms with E-state index in [0.29, 0.717) is 6.42 Å². The summed E-state index contributed by atoms with van der Waals surface area (Å²) in [5, 5.41) is 0. The van der Waals surface area contributed by atoms with Gasteiger partial charge in [-0.25, -0.2) is 0 Å². The van der Waals surface area contributed by atoms with Gasteiger partial charge in [-0.15, -0.1) is 0 Å². The Morgan fingerprint density at radius 2 is 1.88 bits per heavy atom. The number of hydrogen-bond acceptors (Lipinski definition) is 3. The van der Waals surface area contributed by atoms with Gasteiger partial charge in [0.25, 0.3) is 5.91 Å². The van der Waals surface area contributed by atoms with Crippen LogP contribution in [-0.2, 0) is 17.8 Å². The van der Waals surface area contributed by atoms with Crippen LogP contribution < -0.4 is 14.4 Å². The average Bonchev–Trinajstić information content (AvgIpc) is 3.13. The van der Waals surface area contributed by atoms with E-state index in [1.807, 2.05) is 41.3 Å². The molecule has 0 saturated carbocycles. The lowest BCUT2D eigenvalue weighted by molar-refractivity contribution is -0.917. The van der Waals surface area contributed by atoms with E-state index < -0.39 is 0 Å². The van der Waals surface area contributed by atoms with Gasteiger partial charge in [-0.05, 0) is 35.9 Å². The van der Waals surface area contributed by atoms with Gasteiger partial charge in [-0.2, -0.15) is 0 Å². The number of benzene rings is 2. The van der Waals surface area contributed by atoms with Crippen molar-refractivity contribution in [2.24, 2.45) is 0 Å². The van der Waals surface area contributed by atoms with Gasteiger partial charge in [0.1, 0.15) is 18.0 Å². The zero-order valence-electron chi connectivity index (χ0n) is 15.1. The molecule has 2 aromatic carbocycles. The fourth-order valence-corrected chi connectivity index (χ4v) is 3.78. The van der Waals surface area contributed by atoms with Gasteiger partial charge < -0.3 is 19.3 Å². The number of fused-ring (bicyclic) bond motifs is 1. The van der Waals surface area contributed by atoms with E-state index >= 15 is 0 Å². The van der Waals surface area contributed by atoms with Crippen molar-refractivity contribution in [1.82, 2.24) is 4.90 Å². The smallest absolute Gasteiger partial charge is 0.264 e. The summed E-state index contributed by atoms with van der Waals surface area (Å²) in [7, 11) is 1.68. The molecule has 1 N–H and O–H groups in total. The maximum Gasteiger partial charge on any atom is 0.264 e. The first kappa shape index (κ1) is 16.9. The monoisotopic (exact) mass is 353 g/mol. The molecule has 0 bridgehead atoms. The van der Waals surface area contributed by atoms with Crippen molar-refractivity contribution in [3.05, 3.63) is 59.7 Å². The number of carbonyl (C=O) groups is 1. The number of nitrogens with zero attached hydrogens (tertiary/aromatic N) is 1. The highest BCUT2D eigenvalue weighted by molar-refractivity contribution is 5.82. The summed E-state index contributed by atoms with van der Waals surface area (Å²) >= 11 is 0. The SMILES string of the molecule is COc1ccc(C[NH+]2CCN(C(=O)[C@H]3Cc4ccccc4O3)CC2)cc1. The van der Waals surface area contributed by atoms with Crippen LogP contribution in [0.1, 0.15) is 11.1 Å². The van der Waals surface area contributed by atoms with Crippen molar-refractivity contribution in [3.63, 3.8) is 0 Å². The third-order valence-electron chi connectivity index (χ3n) is 5.32. The molecule has 1 atom stereocenters. The lowest BCUT2D eigenvalue weighted by Gasteiger charge is -2.33. The van der Waals surface area contributed by atoms with Crippen LogP contribution in [0.3, 0.4) is 0 Å². The number of amides is 1. The Hall–Kier alpha value is -2.53. The molecular formula is C21H25N2O3+. The molecule has 2 aliphatic rings. The molecule has 0 spiro atoms. The van der Waals surface area contributed by atoms with Crippen LogP contribution >= 0.6 is 0 Å². The van der Waals surface area contributed by atoms with Crippen molar-refractivity contribution in [1.29, 1.82) is 0 Å². The van der Waals surface area contributed by atoms with Gasteiger partial charge in [-0.3, -0.25) is 4.79 Å². The third kappa shape index (κ3) is 3.53. The van der Waals surface area contributed by atoms with E-state index in [9.17, 15) is 4.79 Å². The Bertz CT molecular complexity index is 742. The number of methoxy groups -OCH3 is 1. The van der Waals surface area contributed by atoms with E-state index in [1.165, 1.54) is 10.5 Å². The normalized spacial score (nSPS) is 19.7. The van der Waals surface area contributed by atoms with Crippen LogP contribution in [0.2, 0.25) is 0 Å². The first-order valence-corrected chi connectivity index (χ1v) is 9.23.